The van der Waals surface area contributed by atoms with Crippen LogP contribution in [-0.2, 0) is 0 Å². The van der Waals surface area contributed by atoms with Crippen LogP contribution in [0.25, 0.3) is 0 Å². The number of aliphatic hydroxyl groups is 1. The van der Waals surface area contributed by atoms with E-state index in [0.717, 1.165) is 25.4 Å². The van der Waals surface area contributed by atoms with Gasteiger partial charge in [-0.25, -0.2) is 0 Å². The molecular weight excluding hydrogens is 186 g/mol. The molecule has 0 aromatic heterocycles. The van der Waals surface area contributed by atoms with E-state index in [9.17, 15) is 5.11 Å². The van der Waals surface area contributed by atoms with Crippen molar-refractivity contribution < 1.29 is 5.11 Å². The highest BCUT2D eigenvalue weighted by Crippen LogP contribution is 2.31. The zero-order valence-electron chi connectivity index (χ0n) is 9.99. The molecule has 0 saturated heterocycles. The summed E-state index contributed by atoms with van der Waals surface area (Å²) in [4.78, 5) is 2.55. The fourth-order valence-corrected chi connectivity index (χ4v) is 2.73. The van der Waals surface area contributed by atoms with Crippen molar-refractivity contribution >= 4 is 0 Å². The van der Waals surface area contributed by atoms with Crippen LogP contribution in [0.3, 0.4) is 0 Å². The van der Waals surface area contributed by atoms with E-state index in [4.69, 9.17) is 0 Å². The molecule has 2 aliphatic carbocycles. The summed E-state index contributed by atoms with van der Waals surface area (Å²) in [7, 11) is 0. The van der Waals surface area contributed by atoms with Gasteiger partial charge in [-0.2, -0.15) is 0 Å². The zero-order valence-corrected chi connectivity index (χ0v) is 9.99. The van der Waals surface area contributed by atoms with Gasteiger partial charge in [0.1, 0.15) is 0 Å². The molecule has 2 atom stereocenters. The van der Waals surface area contributed by atoms with Crippen molar-refractivity contribution in [3.8, 4) is 0 Å². The lowest BCUT2D eigenvalue weighted by Gasteiger charge is -2.32. The Hall–Kier alpha value is -0.0800. The van der Waals surface area contributed by atoms with E-state index >= 15 is 0 Å². The number of hydrogen-bond donors (Lipinski definition) is 1. The molecule has 2 saturated carbocycles. The van der Waals surface area contributed by atoms with E-state index < -0.39 is 0 Å². The largest absolute Gasteiger partial charge is 0.393 e. The molecule has 0 radical (unpaired) electrons. The lowest BCUT2D eigenvalue weighted by Crippen LogP contribution is -2.37. The summed E-state index contributed by atoms with van der Waals surface area (Å²) in [5.41, 5.74) is 0. The second-order valence-corrected chi connectivity index (χ2v) is 5.41. The maximum atomic E-state index is 9.94. The van der Waals surface area contributed by atoms with Crippen molar-refractivity contribution in [1.82, 2.24) is 4.90 Å². The van der Waals surface area contributed by atoms with E-state index in [0.29, 0.717) is 5.92 Å². The van der Waals surface area contributed by atoms with Crippen LogP contribution in [0.2, 0.25) is 0 Å². The third-order valence-corrected chi connectivity index (χ3v) is 4.02. The van der Waals surface area contributed by atoms with Gasteiger partial charge in [0.15, 0.2) is 0 Å². The summed E-state index contributed by atoms with van der Waals surface area (Å²) < 4.78 is 0. The molecule has 15 heavy (non-hydrogen) atoms. The van der Waals surface area contributed by atoms with Gasteiger partial charge in [0.05, 0.1) is 6.10 Å². The molecule has 1 N–H and O–H groups in total. The Balaban J connectivity index is 1.75. The van der Waals surface area contributed by atoms with Gasteiger partial charge in [0.2, 0.25) is 0 Å². The number of rotatable bonds is 5. The van der Waals surface area contributed by atoms with E-state index in [1.54, 1.807) is 0 Å². The Labute approximate surface area is 93.7 Å². The Morgan fingerprint density at radius 2 is 1.80 bits per heavy atom. The third-order valence-electron chi connectivity index (χ3n) is 4.02. The minimum absolute atomic E-state index is 0.0213. The Bertz CT molecular complexity index is 191. The first-order valence-electron chi connectivity index (χ1n) is 6.70. The van der Waals surface area contributed by atoms with Gasteiger partial charge >= 0.3 is 0 Å². The van der Waals surface area contributed by atoms with E-state index in [-0.39, 0.29) is 6.10 Å². The highest BCUT2D eigenvalue weighted by Gasteiger charge is 2.28. The van der Waals surface area contributed by atoms with Crippen molar-refractivity contribution in [2.24, 2.45) is 11.8 Å². The monoisotopic (exact) mass is 211 g/mol. The van der Waals surface area contributed by atoms with Gasteiger partial charge < -0.3 is 10.0 Å². The summed E-state index contributed by atoms with van der Waals surface area (Å²) in [5.74, 6) is 1.53. The fourth-order valence-electron chi connectivity index (χ4n) is 2.73. The zero-order chi connectivity index (χ0) is 10.7. The predicted octanol–water partition coefficient (Wildman–Crippen LogP) is 2.27. The SMILES string of the molecule is CCN(CC1CC1)CC1CCCCC1O. The van der Waals surface area contributed by atoms with Crippen molar-refractivity contribution in [2.75, 3.05) is 19.6 Å². The van der Waals surface area contributed by atoms with Crippen molar-refractivity contribution in [1.29, 1.82) is 0 Å². The van der Waals surface area contributed by atoms with Crippen molar-refractivity contribution in [2.45, 2.75) is 51.6 Å². The molecule has 2 nitrogen and oxygen atoms in total. The molecule has 0 bridgehead atoms. The summed E-state index contributed by atoms with van der Waals surface area (Å²) in [6.45, 7) is 5.81. The first-order chi connectivity index (χ1) is 7.29. The van der Waals surface area contributed by atoms with E-state index in [1.165, 1.54) is 38.6 Å². The van der Waals surface area contributed by atoms with Gasteiger partial charge in [-0.1, -0.05) is 19.8 Å². The number of nitrogens with zero attached hydrogens (tertiary/aromatic N) is 1. The molecule has 2 heteroatoms. The summed E-state index contributed by atoms with van der Waals surface area (Å²) >= 11 is 0. The van der Waals surface area contributed by atoms with Crippen LogP contribution < -0.4 is 0 Å². The van der Waals surface area contributed by atoms with Crippen LogP contribution >= 0.6 is 0 Å². The maximum absolute atomic E-state index is 9.94. The van der Waals surface area contributed by atoms with Gasteiger partial charge in [-0.3, -0.25) is 0 Å². The Kier molecular flexibility index (Phi) is 4.04. The van der Waals surface area contributed by atoms with Gasteiger partial charge in [-0.15, -0.1) is 0 Å². The highest BCUT2D eigenvalue weighted by molar-refractivity contribution is 4.81. The maximum Gasteiger partial charge on any atom is 0.0580 e. The van der Waals surface area contributed by atoms with Crippen LogP contribution in [0.15, 0.2) is 0 Å². The molecule has 0 aromatic carbocycles. The summed E-state index contributed by atoms with van der Waals surface area (Å²) in [6, 6.07) is 0. The Morgan fingerprint density at radius 3 is 2.40 bits per heavy atom. The second kappa shape index (κ2) is 5.31. The van der Waals surface area contributed by atoms with Crippen molar-refractivity contribution in [3.63, 3.8) is 0 Å². The number of hydrogen-bond acceptors (Lipinski definition) is 2. The lowest BCUT2D eigenvalue weighted by molar-refractivity contribution is 0.0465. The second-order valence-electron chi connectivity index (χ2n) is 5.41. The van der Waals surface area contributed by atoms with Crippen LogP contribution in [0.4, 0.5) is 0 Å². The average molecular weight is 211 g/mol. The van der Waals surface area contributed by atoms with E-state index in [2.05, 4.69) is 11.8 Å². The minimum Gasteiger partial charge on any atom is -0.393 e. The standard InChI is InChI=1S/C13H25NO/c1-2-14(9-11-7-8-11)10-12-5-3-4-6-13(12)15/h11-13,15H,2-10H2,1H3. The quantitative estimate of drug-likeness (QED) is 0.754. The van der Waals surface area contributed by atoms with Crippen molar-refractivity contribution in [3.05, 3.63) is 0 Å². The lowest BCUT2D eigenvalue weighted by atomic mass is 9.86. The summed E-state index contributed by atoms with van der Waals surface area (Å²) in [6.07, 6.45) is 7.67. The smallest absolute Gasteiger partial charge is 0.0580 e. The van der Waals surface area contributed by atoms with Crippen LogP contribution in [-0.4, -0.2) is 35.7 Å². The van der Waals surface area contributed by atoms with Crippen LogP contribution in [0.5, 0.6) is 0 Å². The molecule has 0 amide bonds. The molecule has 88 valence electrons. The average Bonchev–Trinajstić information content (AvgIpc) is 3.04. The molecule has 2 aliphatic rings. The predicted molar refractivity (Wildman–Crippen MR) is 62.8 cm³/mol. The molecule has 0 aromatic rings. The van der Waals surface area contributed by atoms with Gasteiger partial charge in [0, 0.05) is 13.1 Å². The molecule has 0 spiro atoms. The first-order valence-corrected chi connectivity index (χ1v) is 6.70. The third kappa shape index (κ3) is 3.46. The first kappa shape index (κ1) is 11.4. The summed E-state index contributed by atoms with van der Waals surface area (Å²) in [5, 5.41) is 9.94. The molecule has 2 unspecified atom stereocenters. The molecule has 2 fully saturated rings. The topological polar surface area (TPSA) is 23.5 Å². The Morgan fingerprint density at radius 1 is 1.07 bits per heavy atom. The fraction of sp³-hybridized carbons (Fsp3) is 1.00. The minimum atomic E-state index is -0.0213. The molecule has 0 aliphatic heterocycles. The highest BCUT2D eigenvalue weighted by atomic mass is 16.3. The molecule has 0 heterocycles. The van der Waals surface area contributed by atoms with Gasteiger partial charge in [0.25, 0.3) is 0 Å². The van der Waals surface area contributed by atoms with Crippen LogP contribution in [0, 0.1) is 11.8 Å². The normalized spacial score (nSPS) is 32.2. The number of aliphatic hydroxyl groups excluding tert-OH is 1. The molecule has 2 rings (SSSR count). The molecular formula is C13H25NO. The van der Waals surface area contributed by atoms with Gasteiger partial charge in [-0.05, 0) is 44.1 Å². The van der Waals surface area contributed by atoms with Crippen LogP contribution in [0.1, 0.15) is 45.4 Å². The van der Waals surface area contributed by atoms with E-state index in [1.807, 2.05) is 0 Å².